The SMILES string of the molecule is c1ccc(-c2cccc(-c3ccc(-c4nc(-c5ccccc5)nc(-c5ccc6c7ccc8c(oc9cccc(-n%10c%11ccccc%11c%11ccccc%11%10)c98)c7n(-c7ccccc7)c6c5)n4)cc3)c2)cc1. The molecular weight excluding hydrogens is 843 g/mol. The first kappa shape index (κ1) is 38.8. The molecule has 0 aliphatic heterocycles. The van der Waals surface area contributed by atoms with E-state index in [4.69, 9.17) is 19.4 Å². The number of furan rings is 1. The maximum absolute atomic E-state index is 7.06. The monoisotopic (exact) mass is 881 g/mol. The van der Waals surface area contributed by atoms with E-state index in [-0.39, 0.29) is 0 Å². The van der Waals surface area contributed by atoms with Gasteiger partial charge in [-0.15, -0.1) is 0 Å². The van der Waals surface area contributed by atoms with Gasteiger partial charge in [0.1, 0.15) is 5.58 Å². The fourth-order valence-corrected chi connectivity index (χ4v) is 10.4. The van der Waals surface area contributed by atoms with E-state index in [1.807, 2.05) is 36.4 Å². The maximum Gasteiger partial charge on any atom is 0.164 e. The van der Waals surface area contributed by atoms with Crippen LogP contribution in [0.1, 0.15) is 0 Å². The molecule has 69 heavy (non-hydrogen) atoms. The van der Waals surface area contributed by atoms with E-state index in [0.717, 1.165) is 94.0 Å². The Hall–Kier alpha value is -9.39. The summed E-state index contributed by atoms with van der Waals surface area (Å²) in [7, 11) is 0. The molecule has 0 atom stereocenters. The van der Waals surface area contributed by atoms with Crippen molar-refractivity contribution in [3.05, 3.63) is 237 Å². The van der Waals surface area contributed by atoms with Gasteiger partial charge in [-0.3, -0.25) is 0 Å². The zero-order valence-corrected chi connectivity index (χ0v) is 37.2. The molecule has 0 saturated heterocycles. The minimum Gasteiger partial charge on any atom is -0.454 e. The predicted molar refractivity (Wildman–Crippen MR) is 283 cm³/mol. The Bertz CT molecular complexity index is 4230. The predicted octanol–water partition coefficient (Wildman–Crippen LogP) is 16.3. The Labute approximate surface area is 396 Å². The van der Waals surface area contributed by atoms with Crippen LogP contribution in [-0.4, -0.2) is 24.1 Å². The molecule has 6 nitrogen and oxygen atoms in total. The number of hydrogen-bond acceptors (Lipinski definition) is 4. The molecule has 0 unspecified atom stereocenters. The van der Waals surface area contributed by atoms with E-state index in [1.165, 1.54) is 21.9 Å². The second-order valence-corrected chi connectivity index (χ2v) is 17.6. The van der Waals surface area contributed by atoms with Crippen LogP contribution in [0.5, 0.6) is 0 Å². The van der Waals surface area contributed by atoms with Gasteiger partial charge < -0.3 is 13.6 Å². The summed E-state index contributed by atoms with van der Waals surface area (Å²) in [5.41, 5.74) is 15.5. The first-order chi connectivity index (χ1) is 34.2. The normalized spacial score (nSPS) is 11.8. The van der Waals surface area contributed by atoms with Crippen LogP contribution in [-0.2, 0) is 0 Å². The van der Waals surface area contributed by atoms with Crippen molar-refractivity contribution >= 4 is 65.6 Å². The van der Waals surface area contributed by atoms with Crippen LogP contribution >= 0.6 is 0 Å². The highest BCUT2D eigenvalue weighted by Gasteiger charge is 2.23. The molecule has 0 aliphatic carbocycles. The van der Waals surface area contributed by atoms with Crippen molar-refractivity contribution in [2.45, 2.75) is 0 Å². The Morgan fingerprint density at radius 3 is 1.46 bits per heavy atom. The van der Waals surface area contributed by atoms with Gasteiger partial charge in [0, 0.05) is 49.3 Å². The fraction of sp³-hybridized carbons (Fsp3) is 0. The summed E-state index contributed by atoms with van der Waals surface area (Å²) in [6.45, 7) is 0. The summed E-state index contributed by atoms with van der Waals surface area (Å²) in [5.74, 6) is 1.81. The number of rotatable bonds is 7. The topological polar surface area (TPSA) is 61.7 Å². The van der Waals surface area contributed by atoms with E-state index < -0.39 is 0 Å². The lowest BCUT2D eigenvalue weighted by atomic mass is 9.98. The molecule has 322 valence electrons. The molecule has 0 spiro atoms. The number of benzene rings is 10. The van der Waals surface area contributed by atoms with E-state index in [0.29, 0.717) is 17.5 Å². The van der Waals surface area contributed by atoms with Crippen LogP contribution < -0.4 is 0 Å². The van der Waals surface area contributed by atoms with Crippen LogP contribution in [0.2, 0.25) is 0 Å². The molecule has 6 heteroatoms. The summed E-state index contributed by atoms with van der Waals surface area (Å²) >= 11 is 0. The van der Waals surface area contributed by atoms with Crippen molar-refractivity contribution in [3.8, 4) is 67.8 Å². The maximum atomic E-state index is 7.06. The highest BCUT2D eigenvalue weighted by atomic mass is 16.3. The van der Waals surface area contributed by atoms with Crippen LogP contribution in [0.15, 0.2) is 241 Å². The average Bonchev–Trinajstić information content (AvgIpc) is 4.09. The van der Waals surface area contributed by atoms with Crippen molar-refractivity contribution in [1.29, 1.82) is 0 Å². The van der Waals surface area contributed by atoms with E-state index >= 15 is 0 Å². The second-order valence-electron chi connectivity index (χ2n) is 17.6. The third-order valence-electron chi connectivity index (χ3n) is 13.6. The summed E-state index contributed by atoms with van der Waals surface area (Å²) in [6, 6.07) is 83.2. The Morgan fingerprint density at radius 1 is 0.304 bits per heavy atom. The van der Waals surface area contributed by atoms with Gasteiger partial charge in [-0.1, -0.05) is 182 Å². The second kappa shape index (κ2) is 15.6. The number of nitrogens with zero attached hydrogens (tertiary/aromatic N) is 5. The zero-order chi connectivity index (χ0) is 45.4. The van der Waals surface area contributed by atoms with Gasteiger partial charge in [0.05, 0.1) is 33.1 Å². The summed E-state index contributed by atoms with van der Waals surface area (Å²) in [4.78, 5) is 15.5. The molecule has 0 bridgehead atoms. The van der Waals surface area contributed by atoms with Gasteiger partial charge in [0.25, 0.3) is 0 Å². The standard InChI is InChI=1S/C63H39N5O/c1-4-16-40(17-5-1)44-20-14-21-45(38-44)41-30-32-43(33-31-41)62-64-61(42-18-6-2-7-19-42)65-63(66-62)46-34-35-50-51-36-37-52-58-55(68-53-26-12-10-24-48(53)49-25-11-13-27-54(49)68)28-15-29-57(58)69-60(52)59(51)67(56(50)39-46)47-22-8-3-9-23-47/h1-39H. The smallest absolute Gasteiger partial charge is 0.164 e. The molecule has 0 radical (unpaired) electrons. The molecule has 0 amide bonds. The highest BCUT2D eigenvalue weighted by molar-refractivity contribution is 6.23. The molecule has 4 aromatic heterocycles. The third-order valence-corrected chi connectivity index (χ3v) is 13.6. The van der Waals surface area contributed by atoms with Crippen LogP contribution in [0, 0.1) is 0 Å². The number of fused-ring (bicyclic) bond motifs is 10. The number of para-hydroxylation sites is 3. The van der Waals surface area contributed by atoms with E-state index in [2.05, 4.69) is 209 Å². The van der Waals surface area contributed by atoms with Crippen molar-refractivity contribution in [2.24, 2.45) is 0 Å². The zero-order valence-electron chi connectivity index (χ0n) is 37.2. The Morgan fingerprint density at radius 2 is 0.783 bits per heavy atom. The lowest BCUT2D eigenvalue weighted by molar-refractivity contribution is 0.671. The molecule has 0 saturated carbocycles. The summed E-state index contributed by atoms with van der Waals surface area (Å²) in [5, 5.41) is 6.78. The average molecular weight is 882 g/mol. The fourth-order valence-electron chi connectivity index (χ4n) is 10.4. The third kappa shape index (κ3) is 6.30. The molecule has 0 N–H and O–H groups in total. The van der Waals surface area contributed by atoms with Crippen molar-refractivity contribution in [1.82, 2.24) is 24.1 Å². The molecule has 0 fully saturated rings. The van der Waals surface area contributed by atoms with Crippen LogP contribution in [0.25, 0.3) is 133 Å². The van der Waals surface area contributed by atoms with Crippen molar-refractivity contribution in [3.63, 3.8) is 0 Å². The molecular formula is C63H39N5O. The first-order valence-electron chi connectivity index (χ1n) is 23.3. The molecule has 4 heterocycles. The lowest BCUT2D eigenvalue weighted by Gasteiger charge is -2.11. The number of hydrogen-bond donors (Lipinski definition) is 0. The van der Waals surface area contributed by atoms with Crippen LogP contribution in [0.3, 0.4) is 0 Å². The van der Waals surface area contributed by atoms with Gasteiger partial charge in [-0.05, 0) is 76.9 Å². The largest absolute Gasteiger partial charge is 0.454 e. The Kier molecular flexibility index (Phi) is 8.79. The van der Waals surface area contributed by atoms with Crippen molar-refractivity contribution in [2.75, 3.05) is 0 Å². The molecule has 0 aliphatic rings. The van der Waals surface area contributed by atoms with Gasteiger partial charge >= 0.3 is 0 Å². The van der Waals surface area contributed by atoms with Gasteiger partial charge in [-0.2, -0.15) is 0 Å². The molecule has 14 rings (SSSR count). The minimum absolute atomic E-state index is 0.593. The minimum atomic E-state index is 0.593. The summed E-state index contributed by atoms with van der Waals surface area (Å²) < 4.78 is 11.8. The van der Waals surface area contributed by atoms with Crippen molar-refractivity contribution < 1.29 is 4.42 Å². The summed E-state index contributed by atoms with van der Waals surface area (Å²) in [6.07, 6.45) is 0. The Balaban J connectivity index is 0.945. The first-order valence-corrected chi connectivity index (χ1v) is 23.3. The highest BCUT2D eigenvalue weighted by Crippen LogP contribution is 2.44. The van der Waals surface area contributed by atoms with Gasteiger partial charge in [-0.25, -0.2) is 15.0 Å². The quantitative estimate of drug-likeness (QED) is 0.160. The van der Waals surface area contributed by atoms with E-state index in [9.17, 15) is 0 Å². The van der Waals surface area contributed by atoms with Gasteiger partial charge in [0.15, 0.2) is 23.1 Å². The lowest BCUT2D eigenvalue weighted by Crippen LogP contribution is -2.00. The van der Waals surface area contributed by atoms with Gasteiger partial charge in [0.2, 0.25) is 0 Å². The molecule has 14 aromatic rings. The van der Waals surface area contributed by atoms with Crippen LogP contribution in [0.4, 0.5) is 0 Å². The van der Waals surface area contributed by atoms with E-state index in [1.54, 1.807) is 0 Å². The molecule has 10 aromatic carbocycles. The number of aromatic nitrogens is 5.